The minimum atomic E-state index is 0.485. The lowest BCUT2D eigenvalue weighted by Crippen LogP contribution is -2.39. The van der Waals surface area contributed by atoms with Gasteiger partial charge >= 0.3 is 0 Å². The Morgan fingerprint density at radius 1 is 1.00 bits per heavy atom. The van der Waals surface area contributed by atoms with Gasteiger partial charge in [-0.2, -0.15) is 0 Å². The second kappa shape index (κ2) is 8.21. The van der Waals surface area contributed by atoms with Crippen molar-refractivity contribution in [3.63, 3.8) is 0 Å². The van der Waals surface area contributed by atoms with E-state index < -0.39 is 0 Å². The minimum Gasteiger partial charge on any atom is -0.391 e. The first-order valence-corrected chi connectivity index (χ1v) is 10.5. The molecule has 3 aliphatic rings. The fourth-order valence-corrected chi connectivity index (χ4v) is 4.54. The van der Waals surface area contributed by atoms with Crippen LogP contribution < -0.4 is 10.6 Å². The summed E-state index contributed by atoms with van der Waals surface area (Å²) in [4.78, 5) is 0. The van der Waals surface area contributed by atoms with Crippen molar-refractivity contribution < 1.29 is 0 Å². The van der Waals surface area contributed by atoms with Gasteiger partial charge in [-0.25, -0.2) is 0 Å². The van der Waals surface area contributed by atoms with Crippen LogP contribution in [-0.4, -0.2) is 12.6 Å². The van der Waals surface area contributed by atoms with Crippen LogP contribution >= 0.6 is 0 Å². The van der Waals surface area contributed by atoms with Crippen LogP contribution in [0.3, 0.4) is 0 Å². The molecule has 0 spiro atoms. The fraction of sp³-hybridized carbons (Fsp3) is 0.440. The zero-order chi connectivity index (χ0) is 18.6. The second-order valence-corrected chi connectivity index (χ2v) is 8.45. The van der Waals surface area contributed by atoms with Gasteiger partial charge in [0, 0.05) is 30.1 Å². The first-order chi connectivity index (χ1) is 13.2. The lowest BCUT2D eigenvalue weighted by Gasteiger charge is -2.35. The molecule has 0 saturated heterocycles. The summed E-state index contributed by atoms with van der Waals surface area (Å²) in [5, 5.41) is 7.29. The molecule has 3 atom stereocenters. The Hall–Kier alpha value is -2.22. The molecule has 2 nitrogen and oxygen atoms in total. The molecular formula is C25H32N2. The van der Waals surface area contributed by atoms with Crippen molar-refractivity contribution in [1.29, 1.82) is 0 Å². The van der Waals surface area contributed by atoms with Gasteiger partial charge in [0.1, 0.15) is 0 Å². The first kappa shape index (κ1) is 18.2. The van der Waals surface area contributed by atoms with Crippen LogP contribution in [0.1, 0.15) is 56.6 Å². The molecule has 2 N–H and O–H groups in total. The minimum absolute atomic E-state index is 0.485. The topological polar surface area (TPSA) is 24.1 Å². The maximum Gasteiger partial charge on any atom is 0.0284 e. The van der Waals surface area contributed by atoms with E-state index in [0.717, 1.165) is 19.4 Å². The maximum atomic E-state index is 3.92. The predicted molar refractivity (Wildman–Crippen MR) is 115 cm³/mol. The van der Waals surface area contributed by atoms with E-state index in [9.17, 15) is 0 Å². The van der Waals surface area contributed by atoms with Crippen LogP contribution in [0.5, 0.6) is 0 Å². The molecule has 0 radical (unpaired) electrons. The van der Waals surface area contributed by atoms with E-state index in [1.54, 1.807) is 0 Å². The highest BCUT2D eigenvalue weighted by Crippen LogP contribution is 2.36. The van der Waals surface area contributed by atoms with E-state index in [1.165, 1.54) is 35.2 Å². The summed E-state index contributed by atoms with van der Waals surface area (Å²) >= 11 is 0. The lowest BCUT2D eigenvalue weighted by atomic mass is 9.82. The summed E-state index contributed by atoms with van der Waals surface area (Å²) < 4.78 is 0. The molecule has 4 rings (SSSR count). The molecule has 1 aromatic rings. The smallest absolute Gasteiger partial charge is 0.0284 e. The highest BCUT2D eigenvalue weighted by molar-refractivity contribution is 5.70. The van der Waals surface area contributed by atoms with Crippen molar-refractivity contribution in [1.82, 2.24) is 10.6 Å². The molecule has 3 unspecified atom stereocenters. The summed E-state index contributed by atoms with van der Waals surface area (Å²) in [5.41, 5.74) is 5.81. The number of hydrogen-bond acceptors (Lipinski definition) is 2. The van der Waals surface area contributed by atoms with Crippen LogP contribution in [0.4, 0.5) is 0 Å². The molecule has 27 heavy (non-hydrogen) atoms. The Morgan fingerprint density at radius 2 is 1.85 bits per heavy atom. The molecule has 0 amide bonds. The average Bonchev–Trinajstić information content (AvgIpc) is 2.75. The van der Waals surface area contributed by atoms with E-state index in [4.69, 9.17) is 0 Å². The normalized spacial score (nSPS) is 27.6. The Balaban J connectivity index is 1.62. The Kier molecular flexibility index (Phi) is 5.52. The number of hydrogen-bond donors (Lipinski definition) is 2. The number of nitrogens with one attached hydrogen (secondary N) is 2. The molecule has 2 heterocycles. The van der Waals surface area contributed by atoms with Crippen LogP contribution in [0, 0.1) is 11.8 Å². The Bertz CT molecular complexity index is 764. The van der Waals surface area contributed by atoms with Crippen LogP contribution in [0.2, 0.25) is 0 Å². The standard InChI is InChI=1S/C25H32N2/c1-18(2)24-15-14-23(25(27-24)21-7-4-3-5-8-21)20-12-10-19(11-13-20)22-9-6-16-26-17-22/h3-7,10-13,16,18,21-22,24,26-27H,8-9,14-15,17H2,1-2H3. The largest absolute Gasteiger partial charge is 0.391 e. The molecule has 2 heteroatoms. The summed E-state index contributed by atoms with van der Waals surface area (Å²) in [6.45, 7) is 5.71. The molecule has 0 fully saturated rings. The second-order valence-electron chi connectivity index (χ2n) is 8.45. The zero-order valence-corrected chi connectivity index (χ0v) is 16.6. The molecule has 1 aliphatic carbocycles. The van der Waals surface area contributed by atoms with Gasteiger partial charge in [0.15, 0.2) is 0 Å². The van der Waals surface area contributed by atoms with E-state index in [1.807, 2.05) is 0 Å². The van der Waals surface area contributed by atoms with Gasteiger partial charge in [-0.05, 0) is 54.5 Å². The van der Waals surface area contributed by atoms with Crippen LogP contribution in [0.15, 0.2) is 66.5 Å². The first-order valence-electron chi connectivity index (χ1n) is 10.5. The maximum absolute atomic E-state index is 3.92. The summed E-state index contributed by atoms with van der Waals surface area (Å²) in [7, 11) is 0. The van der Waals surface area contributed by atoms with Crippen molar-refractivity contribution in [2.24, 2.45) is 11.8 Å². The fourth-order valence-electron chi connectivity index (χ4n) is 4.54. The van der Waals surface area contributed by atoms with Gasteiger partial charge in [-0.3, -0.25) is 0 Å². The molecule has 1 aromatic carbocycles. The summed E-state index contributed by atoms with van der Waals surface area (Å²) in [6.07, 6.45) is 18.0. The Morgan fingerprint density at radius 3 is 2.52 bits per heavy atom. The van der Waals surface area contributed by atoms with Crippen molar-refractivity contribution in [3.05, 3.63) is 77.7 Å². The highest BCUT2D eigenvalue weighted by atomic mass is 15.0. The number of rotatable bonds is 4. The third-order valence-electron chi connectivity index (χ3n) is 6.28. The molecule has 142 valence electrons. The van der Waals surface area contributed by atoms with Crippen LogP contribution in [-0.2, 0) is 0 Å². The number of benzene rings is 1. The van der Waals surface area contributed by atoms with Gasteiger partial charge in [-0.15, -0.1) is 0 Å². The van der Waals surface area contributed by atoms with Gasteiger partial charge in [0.2, 0.25) is 0 Å². The van der Waals surface area contributed by atoms with Crippen molar-refractivity contribution in [2.75, 3.05) is 6.54 Å². The average molecular weight is 361 g/mol. The SMILES string of the molecule is CC(C)C1CCC(c2ccc(C3CC=CNC3)cc2)=C(C2C=CC=CC2)N1. The van der Waals surface area contributed by atoms with Crippen molar-refractivity contribution in [2.45, 2.75) is 51.5 Å². The van der Waals surface area contributed by atoms with E-state index in [2.05, 4.69) is 85.3 Å². The monoisotopic (exact) mass is 360 g/mol. The summed E-state index contributed by atoms with van der Waals surface area (Å²) in [6, 6.07) is 9.97. The Labute approximate surface area is 164 Å². The van der Waals surface area contributed by atoms with E-state index in [0.29, 0.717) is 23.8 Å². The van der Waals surface area contributed by atoms with Gasteiger partial charge in [0.25, 0.3) is 0 Å². The molecule has 0 saturated carbocycles. The third-order valence-corrected chi connectivity index (χ3v) is 6.28. The number of allylic oxidation sites excluding steroid dienone is 6. The molecular weight excluding hydrogens is 328 g/mol. The van der Waals surface area contributed by atoms with E-state index >= 15 is 0 Å². The van der Waals surface area contributed by atoms with Crippen molar-refractivity contribution >= 4 is 5.57 Å². The predicted octanol–water partition coefficient (Wildman–Crippen LogP) is 5.53. The zero-order valence-electron chi connectivity index (χ0n) is 16.6. The summed E-state index contributed by atoms with van der Waals surface area (Å²) in [5.74, 6) is 1.75. The van der Waals surface area contributed by atoms with E-state index in [-0.39, 0.29) is 0 Å². The third kappa shape index (κ3) is 4.05. The highest BCUT2D eigenvalue weighted by Gasteiger charge is 2.27. The van der Waals surface area contributed by atoms with Gasteiger partial charge in [0.05, 0.1) is 0 Å². The van der Waals surface area contributed by atoms with Gasteiger partial charge < -0.3 is 10.6 Å². The lowest BCUT2D eigenvalue weighted by molar-refractivity contribution is 0.382. The van der Waals surface area contributed by atoms with Crippen LogP contribution in [0.25, 0.3) is 5.57 Å². The van der Waals surface area contributed by atoms with Gasteiger partial charge in [-0.1, -0.05) is 68.5 Å². The van der Waals surface area contributed by atoms with Crippen molar-refractivity contribution in [3.8, 4) is 0 Å². The molecule has 0 bridgehead atoms. The molecule has 0 aromatic heterocycles. The quantitative estimate of drug-likeness (QED) is 0.738. The molecule has 2 aliphatic heterocycles.